The van der Waals surface area contributed by atoms with E-state index in [4.69, 9.17) is 5.11 Å². The van der Waals surface area contributed by atoms with Gasteiger partial charge >= 0.3 is 0 Å². The summed E-state index contributed by atoms with van der Waals surface area (Å²) in [5, 5.41) is 15.9. The fourth-order valence-electron chi connectivity index (χ4n) is 3.46. The van der Waals surface area contributed by atoms with Gasteiger partial charge in [0.25, 0.3) is 0 Å². The Morgan fingerprint density at radius 2 is 2.11 bits per heavy atom. The van der Waals surface area contributed by atoms with Crippen molar-refractivity contribution in [1.29, 1.82) is 0 Å². The molecular weight excluding hydrogens is 382 g/mol. The first-order chi connectivity index (χ1) is 13.3. The van der Waals surface area contributed by atoms with Crippen molar-refractivity contribution < 1.29 is 18.3 Å². The van der Waals surface area contributed by atoms with Gasteiger partial charge < -0.3 is 10.4 Å². The zero-order chi connectivity index (χ0) is 20.1. The van der Waals surface area contributed by atoms with Gasteiger partial charge in [0.1, 0.15) is 12.2 Å². The third-order valence-corrected chi connectivity index (χ3v) is 6.41. The summed E-state index contributed by atoms with van der Waals surface area (Å²) in [6.45, 7) is 3.49. The number of aliphatic hydroxyl groups is 1. The van der Waals surface area contributed by atoms with E-state index in [2.05, 4.69) is 20.1 Å². The number of anilines is 1. The number of aliphatic hydroxyl groups excluding tert-OH is 1. The van der Waals surface area contributed by atoms with Gasteiger partial charge in [0, 0.05) is 18.4 Å². The van der Waals surface area contributed by atoms with E-state index in [9.17, 15) is 13.2 Å². The first kappa shape index (κ1) is 18.5. The summed E-state index contributed by atoms with van der Waals surface area (Å²) in [7, 11) is -3.80. The minimum absolute atomic E-state index is 0.0227. The van der Waals surface area contributed by atoms with Crippen molar-refractivity contribution in [2.45, 2.75) is 24.7 Å². The molecule has 4 rings (SSSR count). The highest BCUT2D eigenvalue weighted by Crippen LogP contribution is 2.39. The van der Waals surface area contributed by atoms with Crippen LogP contribution in [0.15, 0.2) is 35.6 Å². The normalized spacial score (nSPS) is 16.4. The van der Waals surface area contributed by atoms with Gasteiger partial charge in [0.05, 0.1) is 22.7 Å². The molecule has 0 bridgehead atoms. The van der Waals surface area contributed by atoms with Crippen LogP contribution in [-0.4, -0.2) is 47.2 Å². The summed E-state index contributed by atoms with van der Waals surface area (Å²) in [5.74, 6) is -1.02. The number of carbonyl (C=O) groups is 1. The Kier molecular flexibility index (Phi) is 4.41. The third kappa shape index (κ3) is 2.86. The van der Waals surface area contributed by atoms with Gasteiger partial charge in [0.15, 0.2) is 0 Å². The molecule has 3 aromatic rings. The van der Waals surface area contributed by atoms with Gasteiger partial charge in [0.2, 0.25) is 15.9 Å². The van der Waals surface area contributed by atoms with Crippen LogP contribution in [0.3, 0.4) is 0 Å². The highest BCUT2D eigenvalue weighted by atomic mass is 32.2. The number of sulfonamides is 1. The van der Waals surface area contributed by atoms with Gasteiger partial charge in [-0.15, -0.1) is 0 Å². The molecule has 10 heteroatoms. The average Bonchev–Trinajstić information content (AvgIpc) is 3.15. The number of rotatable bonds is 5. The summed E-state index contributed by atoms with van der Waals surface area (Å²) in [5.41, 5.74) is 4.33. The van der Waals surface area contributed by atoms with Crippen LogP contribution in [0.2, 0.25) is 0 Å². The molecule has 1 aliphatic rings. The van der Waals surface area contributed by atoms with Crippen LogP contribution >= 0.6 is 0 Å². The quantitative estimate of drug-likeness (QED) is 0.578. The van der Waals surface area contributed by atoms with Crippen molar-refractivity contribution in [2.75, 3.05) is 18.5 Å². The summed E-state index contributed by atoms with van der Waals surface area (Å²) >= 11 is 0. The largest absolute Gasteiger partial charge is 0.395 e. The Hall–Kier alpha value is -2.82. The molecule has 0 saturated carbocycles. The van der Waals surface area contributed by atoms with E-state index < -0.39 is 15.9 Å². The lowest BCUT2D eigenvalue weighted by Crippen LogP contribution is -2.26. The molecule has 0 radical (unpaired) electrons. The minimum Gasteiger partial charge on any atom is -0.395 e. The topological polar surface area (TPSA) is 126 Å². The lowest BCUT2D eigenvalue weighted by Gasteiger charge is -2.12. The van der Waals surface area contributed by atoms with Crippen molar-refractivity contribution in [3.63, 3.8) is 0 Å². The molecule has 3 heterocycles. The van der Waals surface area contributed by atoms with Crippen molar-refractivity contribution in [3.8, 4) is 0 Å². The Morgan fingerprint density at radius 3 is 2.86 bits per heavy atom. The van der Waals surface area contributed by atoms with Gasteiger partial charge in [-0.05, 0) is 48.7 Å². The third-order valence-electron chi connectivity index (χ3n) is 4.95. The van der Waals surface area contributed by atoms with E-state index in [1.807, 2.05) is 20.0 Å². The van der Waals surface area contributed by atoms with Gasteiger partial charge in [-0.1, -0.05) is 0 Å². The summed E-state index contributed by atoms with van der Waals surface area (Å²) < 4.78 is 28.8. The molecule has 0 saturated heterocycles. The molecule has 0 aliphatic carbocycles. The van der Waals surface area contributed by atoms with Crippen molar-refractivity contribution in [2.24, 2.45) is 0 Å². The van der Waals surface area contributed by atoms with Crippen LogP contribution in [0.1, 0.15) is 28.3 Å². The molecule has 28 heavy (non-hydrogen) atoms. The maximum atomic E-state index is 12.7. The van der Waals surface area contributed by atoms with Crippen LogP contribution in [-0.2, 0) is 14.8 Å². The molecule has 0 spiro atoms. The molecule has 9 nitrogen and oxygen atoms in total. The lowest BCUT2D eigenvalue weighted by molar-refractivity contribution is -0.116. The van der Waals surface area contributed by atoms with E-state index in [-0.39, 0.29) is 24.0 Å². The number of carbonyl (C=O) groups excluding carboxylic acids is 1. The molecular formula is C18H19N5O4S. The summed E-state index contributed by atoms with van der Waals surface area (Å²) in [6, 6.07) is 4.46. The Bertz CT molecular complexity index is 1200. The number of hydrogen-bond acceptors (Lipinski definition) is 6. The molecule has 2 aromatic heterocycles. The SMILES string of the molecule is Cc1cn2ncnc(C3C(=O)Nc4ccc(S(=O)(=O)NCCO)cc43)c2c1C. The fraction of sp³-hybridized carbons (Fsp3) is 0.278. The van der Waals surface area contributed by atoms with E-state index in [0.717, 1.165) is 16.6 Å². The number of hydrogen-bond donors (Lipinski definition) is 3. The smallest absolute Gasteiger partial charge is 0.240 e. The van der Waals surface area contributed by atoms with Crippen LogP contribution in [0.4, 0.5) is 5.69 Å². The number of aromatic nitrogens is 3. The van der Waals surface area contributed by atoms with Crippen molar-refractivity contribution in [1.82, 2.24) is 19.3 Å². The zero-order valence-corrected chi connectivity index (χ0v) is 16.1. The molecule has 3 N–H and O–H groups in total. The van der Waals surface area contributed by atoms with E-state index in [0.29, 0.717) is 16.9 Å². The van der Waals surface area contributed by atoms with Gasteiger partial charge in [-0.2, -0.15) is 5.10 Å². The van der Waals surface area contributed by atoms with Crippen molar-refractivity contribution in [3.05, 3.63) is 53.1 Å². The maximum Gasteiger partial charge on any atom is 0.240 e. The molecule has 1 aliphatic heterocycles. The highest BCUT2D eigenvalue weighted by Gasteiger charge is 2.36. The Labute approximate surface area is 161 Å². The van der Waals surface area contributed by atoms with E-state index >= 15 is 0 Å². The van der Waals surface area contributed by atoms with Crippen LogP contribution in [0.25, 0.3) is 5.52 Å². The van der Waals surface area contributed by atoms with Gasteiger partial charge in [-0.3, -0.25) is 4.79 Å². The van der Waals surface area contributed by atoms with E-state index in [1.54, 1.807) is 10.6 Å². The van der Waals surface area contributed by atoms with Crippen LogP contribution < -0.4 is 10.0 Å². The first-order valence-corrected chi connectivity index (χ1v) is 10.2. The number of aryl methyl sites for hydroxylation is 2. The second-order valence-corrected chi connectivity index (χ2v) is 8.44. The van der Waals surface area contributed by atoms with Crippen LogP contribution in [0.5, 0.6) is 0 Å². The molecule has 1 amide bonds. The van der Waals surface area contributed by atoms with Crippen LogP contribution in [0, 0.1) is 13.8 Å². The van der Waals surface area contributed by atoms with Crippen molar-refractivity contribution >= 4 is 27.1 Å². The number of fused-ring (bicyclic) bond motifs is 2. The monoisotopic (exact) mass is 401 g/mol. The highest BCUT2D eigenvalue weighted by molar-refractivity contribution is 7.89. The molecule has 1 unspecified atom stereocenters. The molecule has 1 atom stereocenters. The minimum atomic E-state index is -3.80. The van der Waals surface area contributed by atoms with Gasteiger partial charge in [-0.25, -0.2) is 22.6 Å². The maximum absolute atomic E-state index is 12.7. The molecule has 0 fully saturated rings. The standard InChI is InChI=1S/C18H19N5O4S/c1-10-8-23-17(11(10)2)16(19-9-20-23)15-13-7-12(28(26,27)21-5-6-24)3-4-14(13)22-18(15)25/h3-4,7-9,15,21,24H,5-6H2,1-2H3,(H,22,25). The molecule has 146 valence electrons. The van der Waals surface area contributed by atoms with E-state index in [1.165, 1.54) is 18.5 Å². The zero-order valence-electron chi connectivity index (χ0n) is 15.3. The second kappa shape index (κ2) is 6.66. The Balaban J connectivity index is 1.87. The second-order valence-electron chi connectivity index (χ2n) is 6.67. The summed E-state index contributed by atoms with van der Waals surface area (Å²) in [6.07, 6.45) is 3.25. The number of amides is 1. The fourth-order valence-corrected chi connectivity index (χ4v) is 4.52. The Morgan fingerprint density at radius 1 is 1.32 bits per heavy atom. The number of benzene rings is 1. The number of nitrogens with one attached hydrogen (secondary N) is 2. The number of nitrogens with zero attached hydrogens (tertiary/aromatic N) is 3. The summed E-state index contributed by atoms with van der Waals surface area (Å²) in [4.78, 5) is 17.1. The average molecular weight is 401 g/mol. The predicted octanol–water partition coefficient (Wildman–Crippen LogP) is 0.701. The lowest BCUT2D eigenvalue weighted by atomic mass is 9.95. The molecule has 1 aromatic carbocycles. The first-order valence-electron chi connectivity index (χ1n) is 8.68. The predicted molar refractivity (Wildman–Crippen MR) is 102 cm³/mol.